The molecular formula is C9H10FI. The van der Waals surface area contributed by atoms with Crippen LogP contribution >= 0.6 is 22.6 Å². The van der Waals surface area contributed by atoms with Crippen LogP contribution in [0.1, 0.15) is 18.9 Å². The van der Waals surface area contributed by atoms with Crippen molar-refractivity contribution in [1.29, 1.82) is 0 Å². The highest BCUT2D eigenvalue weighted by Crippen LogP contribution is 2.13. The molecule has 0 aliphatic heterocycles. The maximum atomic E-state index is 13.0. The Morgan fingerprint density at radius 1 is 1.45 bits per heavy atom. The van der Waals surface area contributed by atoms with Crippen LogP contribution in [0.3, 0.4) is 0 Å². The van der Waals surface area contributed by atoms with Crippen LogP contribution in [-0.2, 0) is 6.42 Å². The molecule has 0 spiro atoms. The zero-order valence-corrected chi connectivity index (χ0v) is 8.56. The van der Waals surface area contributed by atoms with E-state index in [0.717, 1.165) is 22.0 Å². The third kappa shape index (κ3) is 2.43. The minimum atomic E-state index is -0.0706. The average molecular weight is 264 g/mol. The summed E-state index contributed by atoms with van der Waals surface area (Å²) in [6.07, 6.45) is 1.83. The lowest BCUT2D eigenvalue weighted by molar-refractivity contribution is 0.606. The van der Waals surface area contributed by atoms with Crippen molar-refractivity contribution in [2.45, 2.75) is 19.8 Å². The summed E-state index contributed by atoms with van der Waals surface area (Å²) in [6.45, 7) is 2.05. The summed E-state index contributed by atoms with van der Waals surface area (Å²) in [5.41, 5.74) is 0.827. The molecule has 0 nitrogen and oxygen atoms in total. The quantitative estimate of drug-likeness (QED) is 0.718. The van der Waals surface area contributed by atoms with Gasteiger partial charge in [0.2, 0.25) is 0 Å². The van der Waals surface area contributed by atoms with Crippen molar-refractivity contribution in [2.75, 3.05) is 0 Å². The molecule has 0 amide bonds. The molecule has 0 radical (unpaired) electrons. The maximum Gasteiger partial charge on any atom is 0.127 e. The third-order valence-corrected chi connectivity index (χ3v) is 2.21. The van der Waals surface area contributed by atoms with Gasteiger partial charge in [0.05, 0.1) is 0 Å². The molecule has 0 aliphatic rings. The first kappa shape index (κ1) is 8.97. The second-order valence-electron chi connectivity index (χ2n) is 2.49. The van der Waals surface area contributed by atoms with Gasteiger partial charge in [-0.2, -0.15) is 0 Å². The monoisotopic (exact) mass is 264 g/mol. The van der Waals surface area contributed by atoms with Gasteiger partial charge in [0.15, 0.2) is 0 Å². The van der Waals surface area contributed by atoms with Gasteiger partial charge in [0.1, 0.15) is 5.82 Å². The maximum absolute atomic E-state index is 13.0. The van der Waals surface area contributed by atoms with E-state index >= 15 is 0 Å². The fourth-order valence-corrected chi connectivity index (χ4v) is 1.45. The Labute approximate surface area is 80.0 Å². The van der Waals surface area contributed by atoms with Crippen LogP contribution in [-0.4, -0.2) is 0 Å². The Kier molecular flexibility index (Phi) is 3.30. The highest BCUT2D eigenvalue weighted by molar-refractivity contribution is 14.1. The van der Waals surface area contributed by atoms with Crippen LogP contribution in [0.5, 0.6) is 0 Å². The van der Waals surface area contributed by atoms with Crippen LogP contribution in [0.4, 0.5) is 4.39 Å². The van der Waals surface area contributed by atoms with Crippen LogP contribution in [0, 0.1) is 9.39 Å². The Morgan fingerprint density at radius 2 is 2.18 bits per heavy atom. The van der Waals surface area contributed by atoms with E-state index in [4.69, 9.17) is 0 Å². The molecule has 0 N–H and O–H groups in total. The molecule has 0 saturated carbocycles. The van der Waals surface area contributed by atoms with Crippen molar-refractivity contribution >= 4 is 22.6 Å². The van der Waals surface area contributed by atoms with Crippen molar-refractivity contribution in [1.82, 2.24) is 0 Å². The number of rotatable bonds is 2. The van der Waals surface area contributed by atoms with E-state index < -0.39 is 0 Å². The third-order valence-electron chi connectivity index (χ3n) is 1.53. The topological polar surface area (TPSA) is 0 Å². The van der Waals surface area contributed by atoms with E-state index in [1.54, 1.807) is 6.07 Å². The van der Waals surface area contributed by atoms with Gasteiger partial charge >= 0.3 is 0 Å². The lowest BCUT2D eigenvalue weighted by Crippen LogP contribution is -1.89. The van der Waals surface area contributed by atoms with Gasteiger partial charge in [-0.3, -0.25) is 0 Å². The molecule has 0 saturated heterocycles. The zero-order chi connectivity index (χ0) is 8.27. The lowest BCUT2D eigenvalue weighted by atomic mass is 10.1. The largest absolute Gasteiger partial charge is 0.207 e. The molecule has 1 aromatic rings. The van der Waals surface area contributed by atoms with Crippen LogP contribution in [0.15, 0.2) is 18.2 Å². The van der Waals surface area contributed by atoms with Gasteiger partial charge in [-0.1, -0.05) is 19.4 Å². The summed E-state index contributed by atoms with van der Waals surface area (Å²) in [4.78, 5) is 0. The summed E-state index contributed by atoms with van der Waals surface area (Å²) in [6, 6.07) is 5.38. The van der Waals surface area contributed by atoms with Crippen LogP contribution in [0.25, 0.3) is 0 Å². The number of hydrogen-bond acceptors (Lipinski definition) is 0. The average Bonchev–Trinajstić information content (AvgIpc) is 1.95. The molecule has 1 aromatic carbocycles. The van der Waals surface area contributed by atoms with Crippen molar-refractivity contribution in [3.8, 4) is 0 Å². The van der Waals surface area contributed by atoms with Gasteiger partial charge in [0.25, 0.3) is 0 Å². The first-order valence-electron chi connectivity index (χ1n) is 3.68. The van der Waals surface area contributed by atoms with Crippen molar-refractivity contribution in [3.63, 3.8) is 0 Å². The van der Waals surface area contributed by atoms with Crippen LogP contribution < -0.4 is 0 Å². The molecule has 0 bridgehead atoms. The molecule has 0 aromatic heterocycles. The predicted molar refractivity (Wildman–Crippen MR) is 53.1 cm³/mol. The summed E-state index contributed by atoms with van der Waals surface area (Å²) < 4.78 is 14.0. The lowest BCUT2D eigenvalue weighted by Gasteiger charge is -2.00. The van der Waals surface area contributed by atoms with E-state index in [2.05, 4.69) is 29.5 Å². The van der Waals surface area contributed by atoms with E-state index in [9.17, 15) is 4.39 Å². The molecule has 0 heterocycles. The predicted octanol–water partition coefficient (Wildman–Crippen LogP) is 3.38. The molecular weight excluding hydrogens is 254 g/mol. The molecule has 0 fully saturated rings. The SMILES string of the molecule is CCCc1ccc(I)cc1F. The number of aryl methyl sites for hydroxylation is 1. The van der Waals surface area contributed by atoms with Crippen molar-refractivity contribution < 1.29 is 4.39 Å². The molecule has 0 unspecified atom stereocenters. The van der Waals surface area contributed by atoms with E-state index in [-0.39, 0.29) is 5.82 Å². The Morgan fingerprint density at radius 3 is 2.73 bits per heavy atom. The minimum Gasteiger partial charge on any atom is -0.207 e. The van der Waals surface area contributed by atoms with Gasteiger partial charge < -0.3 is 0 Å². The molecule has 0 aliphatic carbocycles. The van der Waals surface area contributed by atoms with Gasteiger partial charge in [-0.25, -0.2) is 4.39 Å². The summed E-state index contributed by atoms with van der Waals surface area (Å²) in [5.74, 6) is -0.0706. The summed E-state index contributed by atoms with van der Waals surface area (Å²) in [7, 11) is 0. The van der Waals surface area contributed by atoms with Crippen molar-refractivity contribution in [2.24, 2.45) is 0 Å². The van der Waals surface area contributed by atoms with E-state index in [0.29, 0.717) is 0 Å². The van der Waals surface area contributed by atoms with E-state index in [1.807, 2.05) is 12.1 Å². The second-order valence-corrected chi connectivity index (χ2v) is 3.73. The first-order chi connectivity index (χ1) is 5.24. The van der Waals surface area contributed by atoms with Crippen LogP contribution in [0.2, 0.25) is 0 Å². The van der Waals surface area contributed by atoms with Gasteiger partial charge in [-0.15, -0.1) is 0 Å². The number of hydrogen-bond donors (Lipinski definition) is 0. The molecule has 1 rings (SSSR count). The highest BCUT2D eigenvalue weighted by atomic mass is 127. The zero-order valence-electron chi connectivity index (χ0n) is 6.40. The standard InChI is InChI=1S/C9H10FI/c1-2-3-7-4-5-8(11)6-9(7)10/h4-6H,2-3H2,1H3. The molecule has 0 atom stereocenters. The van der Waals surface area contributed by atoms with E-state index in [1.165, 1.54) is 0 Å². The normalized spacial score (nSPS) is 10.1. The second kappa shape index (κ2) is 4.04. The highest BCUT2D eigenvalue weighted by Gasteiger charge is 1.99. The number of benzene rings is 1. The fourth-order valence-electron chi connectivity index (χ4n) is 0.994. The van der Waals surface area contributed by atoms with Crippen molar-refractivity contribution in [3.05, 3.63) is 33.1 Å². The molecule has 11 heavy (non-hydrogen) atoms. The minimum absolute atomic E-state index is 0.0706. The summed E-state index contributed by atoms with van der Waals surface area (Å²) >= 11 is 2.11. The Hall–Kier alpha value is -0.120. The smallest absolute Gasteiger partial charge is 0.127 e. The first-order valence-corrected chi connectivity index (χ1v) is 4.76. The molecule has 2 heteroatoms. The Balaban J connectivity index is 2.90. The molecule has 60 valence electrons. The Bertz CT molecular complexity index is 245. The number of halogens is 2. The van der Waals surface area contributed by atoms with Gasteiger partial charge in [-0.05, 0) is 46.7 Å². The fraction of sp³-hybridized carbons (Fsp3) is 0.333. The van der Waals surface area contributed by atoms with Gasteiger partial charge in [0, 0.05) is 3.57 Å². The summed E-state index contributed by atoms with van der Waals surface area (Å²) in [5, 5.41) is 0.